The monoisotopic (exact) mass is 681 g/mol. The topological polar surface area (TPSA) is 216 Å². The van der Waals surface area contributed by atoms with Crippen LogP contribution in [-0.4, -0.2) is 85.9 Å². The Morgan fingerprint density at radius 2 is 1.57 bits per heavy atom. The number of hydrogen-bond donors (Lipinski definition) is 7. The van der Waals surface area contributed by atoms with Gasteiger partial charge in [-0.25, -0.2) is 0 Å². The summed E-state index contributed by atoms with van der Waals surface area (Å²) in [5, 5.41) is 44.1. The Hall–Kier alpha value is -2.22. The highest BCUT2D eigenvalue weighted by atomic mass is 32.2. The van der Waals surface area contributed by atoms with Crippen LogP contribution in [0.25, 0.3) is 0 Å². The van der Waals surface area contributed by atoms with Crippen LogP contribution in [0, 0.1) is 46.3 Å². The molecule has 4 aliphatic carbocycles. The molecule has 0 unspecified atom stereocenters. The Morgan fingerprint density at radius 3 is 2.26 bits per heavy atom. The van der Waals surface area contributed by atoms with Crippen LogP contribution in [0.3, 0.4) is 0 Å². The lowest BCUT2D eigenvalue weighted by Crippen LogP contribution is -2.58. The smallest absolute Gasteiger partial charge is 0.322 e. The fourth-order valence-corrected chi connectivity index (χ4v) is 11.0. The van der Waals surface area contributed by atoms with Crippen molar-refractivity contribution in [2.75, 3.05) is 12.3 Å². The van der Waals surface area contributed by atoms with Crippen LogP contribution in [0.2, 0.25) is 0 Å². The SMILES string of the molecule is C[C@H](CCC(=O)SC[C@H](NC(=O)CC[C@H](N)C(=O)O)C(=O)NCC(=O)O)[C@H]1CC[C@H]2[C@@H]3C[C@H](O)[C@@H]4C[C@H](O)CC[C@]4(C)[C@H]3CC[C@]12C. The summed E-state index contributed by atoms with van der Waals surface area (Å²) in [7, 11) is 0. The van der Waals surface area contributed by atoms with Gasteiger partial charge in [-0.3, -0.25) is 24.0 Å². The van der Waals surface area contributed by atoms with Gasteiger partial charge in [-0.1, -0.05) is 32.5 Å². The number of aliphatic carboxylic acids is 2. The molecule has 4 rings (SSSR count). The van der Waals surface area contributed by atoms with Crippen molar-refractivity contribution < 1.29 is 44.4 Å². The number of carboxylic acid groups (broad SMARTS) is 2. The van der Waals surface area contributed by atoms with Gasteiger partial charge in [0.25, 0.3) is 0 Å². The number of nitrogens with one attached hydrogen (secondary N) is 2. The predicted molar refractivity (Wildman–Crippen MR) is 176 cm³/mol. The molecule has 0 aromatic rings. The number of carbonyl (C=O) groups is 5. The molecule has 0 saturated heterocycles. The molecule has 0 aromatic carbocycles. The van der Waals surface area contributed by atoms with Crippen molar-refractivity contribution in [2.24, 2.45) is 52.1 Å². The van der Waals surface area contributed by atoms with Gasteiger partial charge in [-0.2, -0.15) is 0 Å². The second-order valence-electron chi connectivity index (χ2n) is 15.4. The fourth-order valence-electron chi connectivity index (χ4n) is 10.2. The number of fused-ring (bicyclic) bond motifs is 5. The van der Waals surface area contributed by atoms with E-state index in [1.54, 1.807) is 0 Å². The van der Waals surface area contributed by atoms with Crippen molar-refractivity contribution in [1.82, 2.24) is 10.6 Å². The molecular weight excluding hydrogens is 626 g/mol. The van der Waals surface area contributed by atoms with Crippen LogP contribution < -0.4 is 16.4 Å². The number of aliphatic hydroxyl groups is 2. The maximum Gasteiger partial charge on any atom is 0.322 e. The molecule has 4 saturated carbocycles. The van der Waals surface area contributed by atoms with E-state index >= 15 is 0 Å². The van der Waals surface area contributed by atoms with E-state index < -0.39 is 42.4 Å². The minimum absolute atomic E-state index is 0.0728. The lowest BCUT2D eigenvalue weighted by Gasteiger charge is -2.62. The van der Waals surface area contributed by atoms with Crippen molar-refractivity contribution in [3.05, 3.63) is 0 Å². The zero-order chi connectivity index (χ0) is 34.7. The summed E-state index contributed by atoms with van der Waals surface area (Å²) in [6.45, 7) is 6.37. The van der Waals surface area contributed by atoms with Crippen molar-refractivity contribution >= 4 is 40.6 Å². The van der Waals surface area contributed by atoms with E-state index in [1.807, 2.05) is 0 Å². The maximum absolute atomic E-state index is 13.0. The molecule has 266 valence electrons. The molecule has 0 bridgehead atoms. The van der Waals surface area contributed by atoms with Gasteiger partial charge in [0.05, 0.1) is 12.2 Å². The molecule has 2 amide bonds. The highest BCUT2D eigenvalue weighted by molar-refractivity contribution is 8.13. The number of nitrogens with two attached hydrogens (primary N) is 1. The second-order valence-corrected chi connectivity index (χ2v) is 16.4. The third-order valence-corrected chi connectivity index (χ3v) is 13.7. The van der Waals surface area contributed by atoms with E-state index in [0.717, 1.165) is 56.7 Å². The third kappa shape index (κ3) is 8.51. The first kappa shape index (κ1) is 37.6. The first-order chi connectivity index (χ1) is 22.1. The van der Waals surface area contributed by atoms with Crippen molar-refractivity contribution in [2.45, 2.75) is 122 Å². The summed E-state index contributed by atoms with van der Waals surface area (Å²) >= 11 is 0.924. The number of aliphatic hydroxyl groups excluding tert-OH is 2. The summed E-state index contributed by atoms with van der Waals surface area (Å²) < 4.78 is 0. The second kappa shape index (κ2) is 15.6. The van der Waals surface area contributed by atoms with E-state index in [0.29, 0.717) is 48.9 Å². The third-order valence-electron chi connectivity index (χ3n) is 12.7. The van der Waals surface area contributed by atoms with Crippen molar-refractivity contribution in [1.29, 1.82) is 0 Å². The van der Waals surface area contributed by atoms with Gasteiger partial charge in [-0.15, -0.1) is 0 Å². The van der Waals surface area contributed by atoms with Gasteiger partial charge >= 0.3 is 11.9 Å². The van der Waals surface area contributed by atoms with Gasteiger partial charge in [0.15, 0.2) is 5.12 Å². The summed E-state index contributed by atoms with van der Waals surface area (Å²) in [5.41, 5.74) is 5.68. The summed E-state index contributed by atoms with van der Waals surface area (Å²) in [4.78, 5) is 59.9. The molecule has 8 N–H and O–H groups in total. The lowest BCUT2D eigenvalue weighted by molar-refractivity contribution is -0.172. The summed E-state index contributed by atoms with van der Waals surface area (Å²) in [6, 6.07) is -2.40. The largest absolute Gasteiger partial charge is 0.480 e. The standard InChI is InChI=1S/C34H55N3O9S/c1-18(4-9-30(43)47-17-26(31(44)36-16-29(41)42)37-28(40)8-7-25(35)32(45)46)21-5-6-22-20-15-27(39)24-14-19(38)10-12-34(24,3)23(20)11-13-33(21,22)2/h18-27,38-39H,4-17,35H2,1-3H3,(H,36,44)(H,37,40)(H,41,42)(H,45,46)/t18-,19-,20+,21-,22+,23+,24+,25+,26+,27+,33-,34-/m1/s1. The van der Waals surface area contributed by atoms with E-state index in [4.69, 9.17) is 15.9 Å². The Balaban J connectivity index is 1.31. The molecule has 0 heterocycles. The Bertz CT molecular complexity index is 1190. The summed E-state index contributed by atoms with van der Waals surface area (Å²) in [5.74, 6) is -1.41. The molecule has 12 atom stereocenters. The molecule has 13 heteroatoms. The van der Waals surface area contributed by atoms with E-state index in [-0.39, 0.29) is 52.7 Å². The van der Waals surface area contributed by atoms with E-state index in [1.165, 1.54) is 0 Å². The number of thioether (sulfide) groups is 1. The number of hydrogen-bond acceptors (Lipinski definition) is 9. The Labute approximate surface area is 281 Å². The van der Waals surface area contributed by atoms with Gasteiger partial charge in [0, 0.05) is 18.6 Å². The quantitative estimate of drug-likeness (QED) is 0.141. The van der Waals surface area contributed by atoms with Crippen LogP contribution in [0.4, 0.5) is 0 Å². The predicted octanol–water partition coefficient (Wildman–Crippen LogP) is 2.53. The maximum atomic E-state index is 13.0. The van der Waals surface area contributed by atoms with E-state index in [2.05, 4.69) is 31.4 Å². The van der Waals surface area contributed by atoms with Crippen LogP contribution in [-0.2, 0) is 24.0 Å². The van der Waals surface area contributed by atoms with Crippen molar-refractivity contribution in [3.63, 3.8) is 0 Å². The van der Waals surface area contributed by atoms with Gasteiger partial charge in [0.1, 0.15) is 18.6 Å². The molecule has 12 nitrogen and oxygen atoms in total. The fraction of sp³-hybridized carbons (Fsp3) is 0.853. The lowest BCUT2D eigenvalue weighted by atomic mass is 9.44. The van der Waals surface area contributed by atoms with Crippen LogP contribution >= 0.6 is 11.8 Å². The van der Waals surface area contributed by atoms with Crippen LogP contribution in [0.15, 0.2) is 0 Å². The number of carbonyl (C=O) groups excluding carboxylic acids is 3. The van der Waals surface area contributed by atoms with E-state index in [9.17, 15) is 34.2 Å². The molecule has 0 aromatic heterocycles. The summed E-state index contributed by atoms with van der Waals surface area (Å²) in [6.07, 6.45) is 7.79. The Kier molecular flexibility index (Phi) is 12.4. The van der Waals surface area contributed by atoms with Gasteiger partial charge < -0.3 is 36.8 Å². The highest BCUT2D eigenvalue weighted by Crippen LogP contribution is 2.68. The average molecular weight is 682 g/mol. The number of rotatable bonds is 14. The first-order valence-electron chi connectivity index (χ1n) is 17.4. The van der Waals surface area contributed by atoms with Gasteiger partial charge in [-0.05, 0) is 111 Å². The molecular formula is C34H55N3O9S. The zero-order valence-electron chi connectivity index (χ0n) is 28.0. The molecule has 0 aliphatic heterocycles. The minimum Gasteiger partial charge on any atom is -0.480 e. The van der Waals surface area contributed by atoms with Gasteiger partial charge in [0.2, 0.25) is 11.8 Å². The number of amides is 2. The average Bonchev–Trinajstić information content (AvgIpc) is 3.37. The molecule has 47 heavy (non-hydrogen) atoms. The van der Waals surface area contributed by atoms with Crippen molar-refractivity contribution in [3.8, 4) is 0 Å². The molecule has 0 radical (unpaired) electrons. The normalized spacial score (nSPS) is 36.5. The van der Waals surface area contributed by atoms with Crippen LogP contribution in [0.1, 0.15) is 97.8 Å². The molecule has 0 spiro atoms. The number of carboxylic acids is 2. The highest BCUT2D eigenvalue weighted by Gasteiger charge is 2.62. The Morgan fingerprint density at radius 1 is 0.894 bits per heavy atom. The first-order valence-corrected chi connectivity index (χ1v) is 18.3. The minimum atomic E-state index is -1.25. The zero-order valence-corrected chi connectivity index (χ0v) is 28.8. The van der Waals surface area contributed by atoms with Crippen LogP contribution in [0.5, 0.6) is 0 Å². The molecule has 4 aliphatic rings. The molecule has 4 fully saturated rings.